The minimum atomic E-state index is -0.613. The van der Waals surface area contributed by atoms with Crippen LogP contribution < -0.4 is 0 Å². The molecule has 0 bridgehead atoms. The van der Waals surface area contributed by atoms with E-state index in [9.17, 15) is 4.79 Å². The standard InChI is InChI=1S/C11H11N3O/c1-11(2,12-7-15)10-8-5-3-4-6-9(8)13-14-10/h3-6H,1-2H3,(H,13,14). The predicted octanol–water partition coefficient (Wildman–Crippen LogP) is 2.13. The number of isocyanates is 1. The van der Waals surface area contributed by atoms with Gasteiger partial charge in [-0.3, -0.25) is 5.10 Å². The predicted molar refractivity (Wildman–Crippen MR) is 57.2 cm³/mol. The maximum absolute atomic E-state index is 10.3. The Kier molecular flexibility index (Phi) is 2.14. The molecule has 2 aromatic rings. The molecule has 2 rings (SSSR count). The first-order valence-electron chi connectivity index (χ1n) is 4.68. The number of para-hydroxylation sites is 1. The van der Waals surface area contributed by atoms with Gasteiger partial charge in [0.1, 0.15) is 5.54 Å². The molecule has 0 aliphatic rings. The van der Waals surface area contributed by atoms with Crippen LogP contribution in [0.2, 0.25) is 0 Å². The molecule has 4 heteroatoms. The van der Waals surface area contributed by atoms with Gasteiger partial charge in [-0.25, -0.2) is 4.79 Å². The highest BCUT2D eigenvalue weighted by molar-refractivity contribution is 5.82. The van der Waals surface area contributed by atoms with E-state index in [0.717, 1.165) is 16.6 Å². The van der Waals surface area contributed by atoms with Crippen molar-refractivity contribution in [3.05, 3.63) is 30.0 Å². The van der Waals surface area contributed by atoms with Crippen molar-refractivity contribution in [2.24, 2.45) is 4.99 Å². The van der Waals surface area contributed by atoms with Crippen molar-refractivity contribution in [2.75, 3.05) is 0 Å². The SMILES string of the molecule is CC(C)(N=C=O)c1[nH]nc2ccccc12. The van der Waals surface area contributed by atoms with Crippen LogP contribution in [0.5, 0.6) is 0 Å². The lowest BCUT2D eigenvalue weighted by Gasteiger charge is -2.15. The average Bonchev–Trinajstić information content (AvgIpc) is 2.61. The van der Waals surface area contributed by atoms with E-state index in [2.05, 4.69) is 15.2 Å². The van der Waals surface area contributed by atoms with Crippen molar-refractivity contribution in [2.45, 2.75) is 19.4 Å². The number of nitrogens with zero attached hydrogens (tertiary/aromatic N) is 2. The van der Waals surface area contributed by atoms with Gasteiger partial charge in [0.25, 0.3) is 0 Å². The van der Waals surface area contributed by atoms with Gasteiger partial charge in [0.05, 0.1) is 11.2 Å². The lowest BCUT2D eigenvalue weighted by atomic mass is 9.98. The van der Waals surface area contributed by atoms with Gasteiger partial charge in [-0.15, -0.1) is 0 Å². The van der Waals surface area contributed by atoms with Gasteiger partial charge in [0.15, 0.2) is 0 Å². The fourth-order valence-electron chi connectivity index (χ4n) is 1.60. The lowest BCUT2D eigenvalue weighted by molar-refractivity contribution is 0.514. The summed E-state index contributed by atoms with van der Waals surface area (Å²) in [6, 6.07) is 7.72. The lowest BCUT2D eigenvalue weighted by Crippen LogP contribution is -2.14. The zero-order valence-electron chi connectivity index (χ0n) is 8.61. The van der Waals surface area contributed by atoms with E-state index in [-0.39, 0.29) is 0 Å². The van der Waals surface area contributed by atoms with E-state index in [1.165, 1.54) is 0 Å². The summed E-state index contributed by atoms with van der Waals surface area (Å²) in [7, 11) is 0. The van der Waals surface area contributed by atoms with E-state index in [1.54, 1.807) is 6.08 Å². The maximum Gasteiger partial charge on any atom is 0.235 e. The van der Waals surface area contributed by atoms with E-state index in [0.29, 0.717) is 0 Å². The zero-order chi connectivity index (χ0) is 10.9. The van der Waals surface area contributed by atoms with Crippen molar-refractivity contribution in [1.29, 1.82) is 0 Å². The fraction of sp³-hybridized carbons (Fsp3) is 0.273. The third-order valence-electron chi connectivity index (χ3n) is 2.40. The number of aliphatic imine (C=N–C) groups is 1. The van der Waals surface area contributed by atoms with Crippen LogP contribution in [-0.2, 0) is 10.3 Å². The van der Waals surface area contributed by atoms with E-state index in [1.807, 2.05) is 38.1 Å². The van der Waals surface area contributed by atoms with Crippen LogP contribution in [0, 0.1) is 0 Å². The summed E-state index contributed by atoms with van der Waals surface area (Å²) in [5.41, 5.74) is 1.10. The van der Waals surface area contributed by atoms with Crippen LogP contribution in [0.1, 0.15) is 19.5 Å². The molecule has 0 aliphatic heterocycles. The van der Waals surface area contributed by atoms with Crippen LogP contribution in [-0.4, -0.2) is 16.3 Å². The average molecular weight is 201 g/mol. The maximum atomic E-state index is 10.3. The van der Waals surface area contributed by atoms with Gasteiger partial charge in [-0.05, 0) is 19.9 Å². The van der Waals surface area contributed by atoms with Crippen molar-refractivity contribution < 1.29 is 4.79 Å². The second-order valence-corrected chi connectivity index (χ2v) is 3.88. The number of benzene rings is 1. The molecule has 0 saturated carbocycles. The molecule has 0 unspecified atom stereocenters. The Morgan fingerprint density at radius 2 is 2.13 bits per heavy atom. The molecule has 4 nitrogen and oxygen atoms in total. The molecule has 0 saturated heterocycles. The Bertz CT molecular complexity index is 536. The van der Waals surface area contributed by atoms with Gasteiger partial charge in [0, 0.05) is 5.39 Å². The van der Waals surface area contributed by atoms with Gasteiger partial charge >= 0.3 is 0 Å². The van der Waals surface area contributed by atoms with Gasteiger partial charge in [0.2, 0.25) is 6.08 Å². The quantitative estimate of drug-likeness (QED) is 0.597. The molecule has 0 spiro atoms. The van der Waals surface area contributed by atoms with Crippen LogP contribution in [0.3, 0.4) is 0 Å². The van der Waals surface area contributed by atoms with Crippen LogP contribution >= 0.6 is 0 Å². The first-order chi connectivity index (χ1) is 7.15. The molecule has 1 aromatic carbocycles. The van der Waals surface area contributed by atoms with Crippen molar-refractivity contribution >= 4 is 17.0 Å². The summed E-state index contributed by atoms with van der Waals surface area (Å²) in [5, 5.41) is 8.06. The number of nitrogens with one attached hydrogen (secondary N) is 1. The smallest absolute Gasteiger partial charge is 0.235 e. The normalized spacial score (nSPS) is 11.3. The Hall–Kier alpha value is -1.93. The highest BCUT2D eigenvalue weighted by Crippen LogP contribution is 2.28. The molecule has 0 fully saturated rings. The number of rotatable bonds is 2. The highest BCUT2D eigenvalue weighted by atomic mass is 16.1. The van der Waals surface area contributed by atoms with Crippen LogP contribution in [0.25, 0.3) is 10.9 Å². The van der Waals surface area contributed by atoms with E-state index >= 15 is 0 Å². The topological polar surface area (TPSA) is 58.1 Å². The summed E-state index contributed by atoms with van der Waals surface area (Å²) in [4.78, 5) is 14.1. The van der Waals surface area contributed by atoms with Crippen LogP contribution in [0.15, 0.2) is 29.3 Å². The molecular formula is C11H11N3O. The minimum absolute atomic E-state index is 0.613. The van der Waals surface area contributed by atoms with Gasteiger partial charge in [-0.2, -0.15) is 10.1 Å². The Labute approximate surface area is 87.0 Å². The van der Waals surface area contributed by atoms with Crippen molar-refractivity contribution in [3.63, 3.8) is 0 Å². The monoisotopic (exact) mass is 201 g/mol. The van der Waals surface area contributed by atoms with Crippen LogP contribution in [0.4, 0.5) is 0 Å². The summed E-state index contributed by atoms with van der Waals surface area (Å²) in [6.07, 6.45) is 1.59. The number of aromatic nitrogens is 2. The first kappa shape index (κ1) is 9.62. The number of hydrogen-bond acceptors (Lipinski definition) is 3. The number of aromatic amines is 1. The van der Waals surface area contributed by atoms with Crippen molar-refractivity contribution in [1.82, 2.24) is 10.2 Å². The first-order valence-corrected chi connectivity index (χ1v) is 4.68. The summed E-state index contributed by atoms with van der Waals surface area (Å²) in [5.74, 6) is 0. The second-order valence-electron chi connectivity index (χ2n) is 3.88. The number of carbonyl (C=O) groups excluding carboxylic acids is 1. The second kappa shape index (κ2) is 3.33. The third-order valence-corrected chi connectivity index (χ3v) is 2.40. The molecule has 0 atom stereocenters. The Morgan fingerprint density at radius 3 is 2.87 bits per heavy atom. The molecule has 76 valence electrons. The fourth-order valence-corrected chi connectivity index (χ4v) is 1.60. The molecule has 0 aliphatic carbocycles. The van der Waals surface area contributed by atoms with Gasteiger partial charge < -0.3 is 0 Å². The Balaban J connectivity index is 2.67. The molecule has 15 heavy (non-hydrogen) atoms. The number of H-pyrrole nitrogens is 1. The molecular weight excluding hydrogens is 190 g/mol. The summed E-state index contributed by atoms with van der Waals surface area (Å²) >= 11 is 0. The molecule has 0 amide bonds. The van der Waals surface area contributed by atoms with E-state index < -0.39 is 5.54 Å². The number of hydrogen-bond donors (Lipinski definition) is 1. The summed E-state index contributed by atoms with van der Waals surface area (Å²) in [6.45, 7) is 3.69. The molecule has 1 aromatic heterocycles. The third kappa shape index (κ3) is 1.55. The molecule has 1 N–H and O–H groups in total. The molecule has 0 radical (unpaired) electrons. The highest BCUT2D eigenvalue weighted by Gasteiger charge is 2.24. The van der Waals surface area contributed by atoms with Crippen molar-refractivity contribution in [3.8, 4) is 0 Å². The van der Waals surface area contributed by atoms with E-state index in [4.69, 9.17) is 0 Å². The number of fused-ring (bicyclic) bond motifs is 1. The minimum Gasteiger partial charge on any atom is -0.279 e. The van der Waals surface area contributed by atoms with Gasteiger partial charge in [-0.1, -0.05) is 18.2 Å². The largest absolute Gasteiger partial charge is 0.279 e. The summed E-state index contributed by atoms with van der Waals surface area (Å²) < 4.78 is 0. The molecule has 1 heterocycles. The Morgan fingerprint density at radius 1 is 1.40 bits per heavy atom. The zero-order valence-corrected chi connectivity index (χ0v) is 8.61.